The molecular formula is C22H18ClN3O4S2. The zero-order chi connectivity index (χ0) is 22.9. The van der Waals surface area contributed by atoms with Crippen LogP contribution in [0.25, 0.3) is 10.2 Å². The Labute approximate surface area is 194 Å². The molecule has 1 amide bonds. The zero-order valence-electron chi connectivity index (χ0n) is 17.0. The molecule has 0 atom stereocenters. The highest BCUT2D eigenvalue weighted by molar-refractivity contribution is 7.92. The van der Waals surface area contributed by atoms with E-state index in [1.54, 1.807) is 7.11 Å². The molecule has 164 valence electrons. The molecule has 7 nitrogen and oxygen atoms in total. The molecule has 1 aromatic heterocycles. The van der Waals surface area contributed by atoms with Gasteiger partial charge in [0.15, 0.2) is 5.13 Å². The first-order chi connectivity index (χ1) is 15.3. The Bertz CT molecular complexity index is 1400. The number of methoxy groups -OCH3 is 1. The fraction of sp³-hybridized carbons (Fsp3) is 0.0909. The number of hydrogen-bond donors (Lipinski definition) is 2. The predicted molar refractivity (Wildman–Crippen MR) is 128 cm³/mol. The van der Waals surface area contributed by atoms with Crippen molar-refractivity contribution < 1.29 is 17.9 Å². The maximum absolute atomic E-state index is 12.7. The topological polar surface area (TPSA) is 97.4 Å². The lowest BCUT2D eigenvalue weighted by Crippen LogP contribution is -2.14. The van der Waals surface area contributed by atoms with Crippen LogP contribution in [0.1, 0.15) is 15.9 Å². The summed E-state index contributed by atoms with van der Waals surface area (Å²) in [4.78, 5) is 17.2. The van der Waals surface area contributed by atoms with Crippen molar-refractivity contribution in [3.05, 3.63) is 76.8 Å². The molecule has 2 N–H and O–H groups in total. The SMILES string of the molecule is COc1ccc(C)c2sc(NC(=O)c3ccc(NS(=O)(=O)c4ccc(Cl)cc4)cc3)nc12. The summed E-state index contributed by atoms with van der Waals surface area (Å²) < 4.78 is 33.7. The molecule has 0 bridgehead atoms. The van der Waals surface area contributed by atoms with Crippen molar-refractivity contribution >= 4 is 59.9 Å². The van der Waals surface area contributed by atoms with Crippen molar-refractivity contribution in [1.29, 1.82) is 0 Å². The molecule has 0 saturated carbocycles. The Morgan fingerprint density at radius 3 is 2.38 bits per heavy atom. The van der Waals surface area contributed by atoms with E-state index in [0.29, 0.717) is 32.7 Å². The number of halogens is 1. The number of thiazole rings is 1. The van der Waals surface area contributed by atoms with Crippen molar-refractivity contribution in [1.82, 2.24) is 4.98 Å². The van der Waals surface area contributed by atoms with E-state index < -0.39 is 10.0 Å². The van der Waals surface area contributed by atoms with Gasteiger partial charge in [0.1, 0.15) is 11.3 Å². The summed E-state index contributed by atoms with van der Waals surface area (Å²) >= 11 is 7.17. The van der Waals surface area contributed by atoms with E-state index in [1.165, 1.54) is 59.9 Å². The van der Waals surface area contributed by atoms with Gasteiger partial charge in [0.2, 0.25) is 0 Å². The van der Waals surface area contributed by atoms with Gasteiger partial charge in [0, 0.05) is 16.3 Å². The molecule has 0 aliphatic rings. The zero-order valence-corrected chi connectivity index (χ0v) is 19.4. The monoisotopic (exact) mass is 487 g/mol. The lowest BCUT2D eigenvalue weighted by molar-refractivity contribution is 0.102. The highest BCUT2D eigenvalue weighted by atomic mass is 35.5. The number of aromatic nitrogens is 1. The molecule has 32 heavy (non-hydrogen) atoms. The number of fused-ring (bicyclic) bond motifs is 1. The first kappa shape index (κ1) is 22.1. The van der Waals surface area contributed by atoms with E-state index >= 15 is 0 Å². The van der Waals surface area contributed by atoms with Crippen LogP contribution < -0.4 is 14.8 Å². The first-order valence-corrected chi connectivity index (χ1v) is 12.1. The molecule has 0 spiro atoms. The van der Waals surface area contributed by atoms with E-state index in [2.05, 4.69) is 15.0 Å². The fourth-order valence-electron chi connectivity index (χ4n) is 3.01. The van der Waals surface area contributed by atoms with Crippen LogP contribution in [-0.2, 0) is 10.0 Å². The Morgan fingerprint density at radius 1 is 1.03 bits per heavy atom. The third kappa shape index (κ3) is 4.55. The summed E-state index contributed by atoms with van der Waals surface area (Å²) in [7, 11) is -2.19. The number of aryl methyl sites for hydroxylation is 1. The minimum absolute atomic E-state index is 0.0882. The molecule has 10 heteroatoms. The summed E-state index contributed by atoms with van der Waals surface area (Å²) in [6, 6.07) is 15.7. The Balaban J connectivity index is 1.49. The Hall–Kier alpha value is -3.14. The van der Waals surface area contributed by atoms with E-state index in [0.717, 1.165) is 10.3 Å². The summed E-state index contributed by atoms with van der Waals surface area (Å²) in [5.41, 5.74) is 2.43. The van der Waals surface area contributed by atoms with Crippen LogP contribution in [0.2, 0.25) is 5.02 Å². The molecule has 0 saturated heterocycles. The van der Waals surface area contributed by atoms with Gasteiger partial charge in [-0.05, 0) is 67.1 Å². The van der Waals surface area contributed by atoms with Crippen molar-refractivity contribution in [3.8, 4) is 5.75 Å². The number of hydrogen-bond acceptors (Lipinski definition) is 6. The van der Waals surface area contributed by atoms with Crippen molar-refractivity contribution in [2.24, 2.45) is 0 Å². The number of amides is 1. The van der Waals surface area contributed by atoms with Gasteiger partial charge in [0.05, 0.1) is 16.7 Å². The minimum atomic E-state index is -3.77. The van der Waals surface area contributed by atoms with Crippen LogP contribution >= 0.6 is 22.9 Å². The van der Waals surface area contributed by atoms with E-state index in [1.807, 2.05) is 19.1 Å². The lowest BCUT2D eigenvalue weighted by Gasteiger charge is -2.09. The maximum Gasteiger partial charge on any atom is 0.261 e. The molecule has 0 unspecified atom stereocenters. The molecule has 0 radical (unpaired) electrons. The molecule has 4 aromatic rings. The van der Waals surface area contributed by atoms with Crippen molar-refractivity contribution in [2.45, 2.75) is 11.8 Å². The quantitative estimate of drug-likeness (QED) is 0.383. The van der Waals surface area contributed by atoms with Crippen LogP contribution in [-0.4, -0.2) is 26.4 Å². The number of carbonyl (C=O) groups is 1. The molecule has 0 aliphatic heterocycles. The molecular weight excluding hydrogens is 470 g/mol. The third-order valence-corrected chi connectivity index (χ3v) is 7.42. The molecule has 4 rings (SSSR count). The Kier molecular flexibility index (Phi) is 6.05. The van der Waals surface area contributed by atoms with Gasteiger partial charge in [-0.3, -0.25) is 14.8 Å². The lowest BCUT2D eigenvalue weighted by atomic mass is 10.2. The second kappa shape index (κ2) is 8.78. The van der Waals surface area contributed by atoms with E-state index in [-0.39, 0.29) is 10.8 Å². The number of sulfonamides is 1. The van der Waals surface area contributed by atoms with Gasteiger partial charge in [0.25, 0.3) is 15.9 Å². The van der Waals surface area contributed by atoms with Crippen LogP contribution in [0.3, 0.4) is 0 Å². The van der Waals surface area contributed by atoms with Gasteiger partial charge in [-0.25, -0.2) is 13.4 Å². The second-order valence-corrected chi connectivity index (χ2v) is 9.99. The van der Waals surface area contributed by atoms with Crippen LogP contribution in [0.15, 0.2) is 65.6 Å². The number of ether oxygens (including phenoxy) is 1. The highest BCUT2D eigenvalue weighted by Crippen LogP contribution is 2.34. The number of carbonyl (C=O) groups excluding carboxylic acids is 1. The standard InChI is InChI=1S/C22H18ClN3O4S2/c1-13-3-12-18(30-2)19-20(13)31-22(24-19)25-21(27)14-4-8-16(9-5-14)26-32(28,29)17-10-6-15(23)7-11-17/h3-12,26H,1-2H3,(H,24,25,27). The smallest absolute Gasteiger partial charge is 0.261 e. The van der Waals surface area contributed by atoms with Gasteiger partial charge >= 0.3 is 0 Å². The van der Waals surface area contributed by atoms with Crippen molar-refractivity contribution in [3.63, 3.8) is 0 Å². The second-order valence-electron chi connectivity index (χ2n) is 6.87. The summed E-state index contributed by atoms with van der Waals surface area (Å²) in [6.07, 6.45) is 0. The summed E-state index contributed by atoms with van der Waals surface area (Å²) in [5.74, 6) is 0.285. The average Bonchev–Trinajstić information content (AvgIpc) is 3.19. The van der Waals surface area contributed by atoms with E-state index in [9.17, 15) is 13.2 Å². The third-order valence-electron chi connectivity index (χ3n) is 4.67. The predicted octanol–water partition coefficient (Wildman–Crippen LogP) is 5.32. The maximum atomic E-state index is 12.7. The molecule has 1 heterocycles. The van der Waals surface area contributed by atoms with Crippen LogP contribution in [0.4, 0.5) is 10.8 Å². The molecule has 0 fully saturated rings. The molecule has 0 aliphatic carbocycles. The highest BCUT2D eigenvalue weighted by Gasteiger charge is 2.16. The van der Waals surface area contributed by atoms with Gasteiger partial charge < -0.3 is 4.74 Å². The summed E-state index contributed by atoms with van der Waals surface area (Å²) in [6.45, 7) is 1.97. The summed E-state index contributed by atoms with van der Waals surface area (Å²) in [5, 5.41) is 3.68. The van der Waals surface area contributed by atoms with Crippen molar-refractivity contribution in [2.75, 3.05) is 17.1 Å². The number of nitrogens with zero attached hydrogens (tertiary/aromatic N) is 1. The number of rotatable bonds is 6. The van der Waals surface area contributed by atoms with Crippen LogP contribution in [0.5, 0.6) is 5.75 Å². The van der Waals surface area contributed by atoms with Crippen LogP contribution in [0, 0.1) is 6.92 Å². The number of benzene rings is 3. The number of nitrogens with one attached hydrogen (secondary N) is 2. The average molecular weight is 488 g/mol. The largest absolute Gasteiger partial charge is 0.494 e. The fourth-order valence-corrected chi connectivity index (χ4v) is 5.15. The number of anilines is 2. The normalized spacial score (nSPS) is 11.3. The van der Waals surface area contributed by atoms with E-state index in [4.69, 9.17) is 16.3 Å². The molecule has 3 aromatic carbocycles. The Morgan fingerprint density at radius 2 is 1.72 bits per heavy atom. The first-order valence-electron chi connectivity index (χ1n) is 9.41. The van der Waals surface area contributed by atoms with Gasteiger partial charge in [-0.2, -0.15) is 0 Å². The van der Waals surface area contributed by atoms with Gasteiger partial charge in [-0.15, -0.1) is 0 Å². The minimum Gasteiger partial charge on any atom is -0.494 e. The van der Waals surface area contributed by atoms with Gasteiger partial charge in [-0.1, -0.05) is 29.0 Å².